The average Bonchev–Trinajstić information content (AvgIpc) is 2.20. The van der Waals surface area contributed by atoms with Gasteiger partial charge in [0.1, 0.15) is 11.9 Å². The summed E-state index contributed by atoms with van der Waals surface area (Å²) < 4.78 is 5.58. The Morgan fingerprint density at radius 2 is 1.94 bits per heavy atom. The molecule has 0 aromatic carbocycles. The van der Waals surface area contributed by atoms with Crippen molar-refractivity contribution in [3.05, 3.63) is 0 Å². The summed E-state index contributed by atoms with van der Waals surface area (Å²) >= 11 is 0. The minimum absolute atomic E-state index is 0.00486. The molecule has 0 unspecified atom stereocenters. The van der Waals surface area contributed by atoms with Gasteiger partial charge < -0.3 is 4.74 Å². The van der Waals surface area contributed by atoms with Crippen molar-refractivity contribution in [1.82, 2.24) is 0 Å². The molecule has 3 atom stereocenters. The molecule has 2 saturated carbocycles. The zero-order valence-corrected chi connectivity index (χ0v) is 11.9. The van der Waals surface area contributed by atoms with Crippen LogP contribution in [0, 0.1) is 16.7 Å². The largest absolute Gasteiger partial charge is 0.462 e. The predicted molar refractivity (Wildman–Crippen MR) is 69.0 cm³/mol. The number of ketones is 1. The van der Waals surface area contributed by atoms with E-state index in [2.05, 4.69) is 20.8 Å². The molecule has 2 aliphatic carbocycles. The minimum atomic E-state index is -0.199. The van der Waals surface area contributed by atoms with Crippen LogP contribution in [0.3, 0.4) is 0 Å². The Bertz CT molecular complexity index is 372. The van der Waals surface area contributed by atoms with E-state index in [1.165, 1.54) is 6.92 Å². The smallest absolute Gasteiger partial charge is 0.302 e. The van der Waals surface area contributed by atoms with Crippen LogP contribution < -0.4 is 0 Å². The third-order valence-electron chi connectivity index (χ3n) is 4.93. The first-order chi connectivity index (χ1) is 8.23. The second kappa shape index (κ2) is 4.36. The zero-order chi connectivity index (χ0) is 13.6. The molecule has 0 aromatic heterocycles. The number of ether oxygens (including phenoxy) is 1. The van der Waals surface area contributed by atoms with E-state index in [-0.39, 0.29) is 22.9 Å². The highest BCUT2D eigenvalue weighted by molar-refractivity contribution is 5.79. The number of carbonyl (C=O) groups is 2. The van der Waals surface area contributed by atoms with Gasteiger partial charge in [0.25, 0.3) is 0 Å². The molecule has 2 aliphatic rings. The van der Waals surface area contributed by atoms with Crippen molar-refractivity contribution < 1.29 is 14.3 Å². The first-order valence-electron chi connectivity index (χ1n) is 6.92. The summed E-state index contributed by atoms with van der Waals surface area (Å²) in [5.74, 6) is 0.540. The van der Waals surface area contributed by atoms with Gasteiger partial charge in [-0.05, 0) is 30.6 Å². The van der Waals surface area contributed by atoms with Crippen LogP contribution >= 0.6 is 0 Å². The van der Waals surface area contributed by atoms with Gasteiger partial charge in [-0.15, -0.1) is 0 Å². The quantitative estimate of drug-likeness (QED) is 0.673. The SMILES string of the molecule is CC(=O)O[C@H]1CC(C)(C)C[C@@H]2CC(=O)CC[C@@]21C. The highest BCUT2D eigenvalue weighted by Gasteiger charge is 2.53. The Balaban J connectivity index is 2.26. The number of fused-ring (bicyclic) bond motifs is 1. The van der Waals surface area contributed by atoms with E-state index in [1.54, 1.807) is 0 Å². The molecule has 0 aliphatic heterocycles. The van der Waals surface area contributed by atoms with E-state index in [0.717, 1.165) is 19.3 Å². The molecule has 0 saturated heterocycles. The fraction of sp³-hybridized carbons (Fsp3) is 0.867. The maximum atomic E-state index is 11.7. The van der Waals surface area contributed by atoms with Gasteiger partial charge in [-0.2, -0.15) is 0 Å². The summed E-state index contributed by atoms with van der Waals surface area (Å²) in [5.41, 5.74) is 0.150. The van der Waals surface area contributed by atoms with Crippen LogP contribution in [0.4, 0.5) is 0 Å². The normalized spacial score (nSPS) is 39.0. The Hall–Kier alpha value is -0.860. The van der Waals surface area contributed by atoms with Crippen molar-refractivity contribution in [3.8, 4) is 0 Å². The summed E-state index contributed by atoms with van der Waals surface area (Å²) in [5, 5.41) is 0. The Labute approximate surface area is 109 Å². The van der Waals surface area contributed by atoms with Crippen LogP contribution in [-0.2, 0) is 14.3 Å². The summed E-state index contributed by atoms with van der Waals surface area (Å²) in [7, 11) is 0. The van der Waals surface area contributed by atoms with Crippen LogP contribution in [0.1, 0.15) is 59.8 Å². The number of rotatable bonds is 1. The lowest BCUT2D eigenvalue weighted by Crippen LogP contribution is -2.52. The van der Waals surface area contributed by atoms with Gasteiger partial charge in [-0.1, -0.05) is 20.8 Å². The van der Waals surface area contributed by atoms with Crippen LogP contribution in [-0.4, -0.2) is 17.9 Å². The molecular weight excluding hydrogens is 228 g/mol. The lowest BCUT2D eigenvalue weighted by Gasteiger charge is -2.53. The molecule has 2 fully saturated rings. The third-order valence-corrected chi connectivity index (χ3v) is 4.93. The fourth-order valence-corrected chi connectivity index (χ4v) is 3.81. The van der Waals surface area contributed by atoms with Gasteiger partial charge in [0.05, 0.1) is 0 Å². The second-order valence-corrected chi connectivity index (χ2v) is 7.12. The van der Waals surface area contributed by atoms with Crippen molar-refractivity contribution in [2.24, 2.45) is 16.7 Å². The molecule has 0 spiro atoms. The van der Waals surface area contributed by atoms with E-state index in [9.17, 15) is 9.59 Å². The molecule has 0 aromatic rings. The molecule has 102 valence electrons. The molecule has 0 radical (unpaired) electrons. The van der Waals surface area contributed by atoms with E-state index in [1.807, 2.05) is 0 Å². The van der Waals surface area contributed by atoms with Crippen molar-refractivity contribution in [2.75, 3.05) is 0 Å². The van der Waals surface area contributed by atoms with Crippen molar-refractivity contribution in [3.63, 3.8) is 0 Å². The molecule has 3 nitrogen and oxygen atoms in total. The van der Waals surface area contributed by atoms with Crippen LogP contribution in [0.2, 0.25) is 0 Å². The van der Waals surface area contributed by atoms with E-state index in [0.29, 0.717) is 24.5 Å². The topological polar surface area (TPSA) is 43.4 Å². The Morgan fingerprint density at radius 3 is 2.56 bits per heavy atom. The highest BCUT2D eigenvalue weighted by Crippen LogP contribution is 2.55. The van der Waals surface area contributed by atoms with Gasteiger partial charge in [-0.3, -0.25) is 9.59 Å². The zero-order valence-electron chi connectivity index (χ0n) is 11.9. The lowest BCUT2D eigenvalue weighted by molar-refractivity contribution is -0.172. The van der Waals surface area contributed by atoms with Crippen LogP contribution in [0.15, 0.2) is 0 Å². The molecule has 3 heteroatoms. The van der Waals surface area contributed by atoms with E-state index >= 15 is 0 Å². The van der Waals surface area contributed by atoms with Crippen LogP contribution in [0.5, 0.6) is 0 Å². The monoisotopic (exact) mass is 252 g/mol. The molecule has 0 amide bonds. The van der Waals surface area contributed by atoms with Crippen LogP contribution in [0.25, 0.3) is 0 Å². The Morgan fingerprint density at radius 1 is 1.28 bits per heavy atom. The number of hydrogen-bond donors (Lipinski definition) is 0. The predicted octanol–water partition coefficient (Wildman–Crippen LogP) is 3.11. The molecule has 2 rings (SSSR count). The summed E-state index contributed by atoms with van der Waals surface area (Å²) in [4.78, 5) is 23.0. The molecule has 18 heavy (non-hydrogen) atoms. The second-order valence-electron chi connectivity index (χ2n) is 7.12. The maximum Gasteiger partial charge on any atom is 0.302 e. The van der Waals surface area contributed by atoms with E-state index in [4.69, 9.17) is 4.74 Å². The van der Waals surface area contributed by atoms with Gasteiger partial charge in [0, 0.05) is 25.2 Å². The first-order valence-corrected chi connectivity index (χ1v) is 6.92. The number of carbonyl (C=O) groups excluding carboxylic acids is 2. The maximum absolute atomic E-state index is 11.7. The van der Waals surface area contributed by atoms with Gasteiger partial charge in [-0.25, -0.2) is 0 Å². The van der Waals surface area contributed by atoms with Crippen molar-refractivity contribution in [1.29, 1.82) is 0 Å². The summed E-state index contributed by atoms with van der Waals surface area (Å²) in [6, 6.07) is 0. The molecular formula is C15H24O3. The lowest BCUT2D eigenvalue weighted by atomic mass is 9.53. The summed E-state index contributed by atoms with van der Waals surface area (Å²) in [6.07, 6.45) is 4.12. The van der Waals surface area contributed by atoms with E-state index < -0.39 is 0 Å². The number of hydrogen-bond acceptors (Lipinski definition) is 3. The van der Waals surface area contributed by atoms with Gasteiger partial charge >= 0.3 is 5.97 Å². The Kier molecular flexibility index (Phi) is 3.28. The summed E-state index contributed by atoms with van der Waals surface area (Å²) in [6.45, 7) is 8.10. The molecule has 0 N–H and O–H groups in total. The highest BCUT2D eigenvalue weighted by atomic mass is 16.5. The minimum Gasteiger partial charge on any atom is -0.462 e. The van der Waals surface area contributed by atoms with Gasteiger partial charge in [0.2, 0.25) is 0 Å². The third kappa shape index (κ3) is 2.45. The van der Waals surface area contributed by atoms with Gasteiger partial charge in [0.15, 0.2) is 0 Å². The molecule has 0 heterocycles. The first kappa shape index (κ1) is 13.6. The average molecular weight is 252 g/mol. The molecule has 0 bridgehead atoms. The number of esters is 1. The van der Waals surface area contributed by atoms with Crippen molar-refractivity contribution in [2.45, 2.75) is 65.9 Å². The standard InChI is InChI=1S/C15H24O3/c1-10(16)18-13-9-14(2,3)8-11-7-12(17)5-6-15(11,13)4/h11,13H,5-9H2,1-4H3/t11-,13-,15-/m0/s1. The fourth-order valence-electron chi connectivity index (χ4n) is 3.81. The number of Topliss-reactive ketones (excluding diaryl/α,β-unsaturated/α-hetero) is 1. The van der Waals surface area contributed by atoms with Crippen molar-refractivity contribution >= 4 is 11.8 Å².